The number of ether oxygens (including phenoxy) is 2. The molecule has 0 saturated heterocycles. The van der Waals surface area contributed by atoms with E-state index in [4.69, 9.17) is 16.3 Å². The number of carbonyl (C=O) groups excluding carboxylic acids is 1. The van der Waals surface area contributed by atoms with Crippen molar-refractivity contribution in [3.63, 3.8) is 0 Å². The van der Waals surface area contributed by atoms with Gasteiger partial charge in [-0.05, 0) is 35.9 Å². The van der Waals surface area contributed by atoms with Crippen LogP contribution in [-0.4, -0.2) is 34.3 Å². The van der Waals surface area contributed by atoms with Crippen molar-refractivity contribution >= 4 is 28.6 Å². The average Bonchev–Trinajstić information content (AvgIpc) is 3.10. The highest BCUT2D eigenvalue weighted by molar-refractivity contribution is 6.30. The monoisotopic (exact) mass is 458 g/mol. The molecule has 0 aliphatic carbocycles. The number of methoxy groups -OCH3 is 1. The highest BCUT2D eigenvalue weighted by Crippen LogP contribution is 2.34. The first kappa shape index (κ1) is 21.6. The van der Waals surface area contributed by atoms with Crippen molar-refractivity contribution in [1.82, 2.24) is 9.55 Å². The summed E-state index contributed by atoms with van der Waals surface area (Å²) in [4.78, 5) is 15.6. The Morgan fingerprint density at radius 3 is 2.50 bits per heavy atom. The number of esters is 1. The molecule has 0 atom stereocenters. The average molecular weight is 459 g/mol. The summed E-state index contributed by atoms with van der Waals surface area (Å²) in [5.74, 6) is -1.83. The Morgan fingerprint density at radius 1 is 1.09 bits per heavy atom. The van der Waals surface area contributed by atoms with Crippen LogP contribution in [0.2, 0.25) is 5.02 Å². The summed E-state index contributed by atoms with van der Waals surface area (Å²) in [6, 6.07) is 13.5. The van der Waals surface area contributed by atoms with E-state index in [1.165, 1.54) is 13.2 Å². The third-order valence-corrected chi connectivity index (χ3v) is 5.07. The molecule has 0 unspecified atom stereocenters. The van der Waals surface area contributed by atoms with Gasteiger partial charge >= 0.3 is 5.97 Å². The van der Waals surface area contributed by atoms with Gasteiger partial charge in [-0.2, -0.15) is 0 Å². The summed E-state index contributed by atoms with van der Waals surface area (Å²) in [6.45, 7) is 0.0308. The number of phenols is 1. The first-order chi connectivity index (χ1) is 15.4. The van der Waals surface area contributed by atoms with E-state index in [9.17, 15) is 18.7 Å². The molecular weight excluding hydrogens is 442 g/mol. The number of fused-ring (bicyclic) bond motifs is 1. The van der Waals surface area contributed by atoms with Crippen LogP contribution in [0.1, 0.15) is 5.56 Å². The van der Waals surface area contributed by atoms with Gasteiger partial charge in [-0.25, -0.2) is 18.6 Å². The molecule has 6 nitrogen and oxygen atoms in total. The van der Waals surface area contributed by atoms with Crippen LogP contribution in [0.5, 0.6) is 11.5 Å². The molecule has 1 N–H and O–H groups in total. The number of imidazole rings is 1. The van der Waals surface area contributed by atoms with E-state index >= 15 is 0 Å². The highest BCUT2D eigenvalue weighted by atomic mass is 35.5. The molecule has 0 fully saturated rings. The number of aromatic nitrogens is 2. The summed E-state index contributed by atoms with van der Waals surface area (Å²) < 4.78 is 39.4. The second kappa shape index (κ2) is 8.84. The van der Waals surface area contributed by atoms with E-state index in [0.717, 1.165) is 17.7 Å². The first-order valence-corrected chi connectivity index (χ1v) is 9.86. The van der Waals surface area contributed by atoms with Crippen molar-refractivity contribution in [2.24, 2.45) is 0 Å². The molecule has 164 valence electrons. The van der Waals surface area contributed by atoms with Gasteiger partial charge in [-0.15, -0.1) is 0 Å². The van der Waals surface area contributed by atoms with E-state index in [1.54, 1.807) is 41.0 Å². The zero-order valence-electron chi connectivity index (χ0n) is 16.8. The fourth-order valence-electron chi connectivity index (χ4n) is 3.25. The van der Waals surface area contributed by atoms with Gasteiger partial charge in [0.15, 0.2) is 18.2 Å². The molecule has 4 rings (SSSR count). The van der Waals surface area contributed by atoms with Crippen LogP contribution in [0.4, 0.5) is 8.78 Å². The van der Waals surface area contributed by atoms with Gasteiger partial charge in [0.1, 0.15) is 17.3 Å². The number of aromatic hydroxyl groups is 1. The number of rotatable bonds is 6. The van der Waals surface area contributed by atoms with E-state index < -0.39 is 17.6 Å². The van der Waals surface area contributed by atoms with E-state index in [2.05, 4.69) is 9.72 Å². The number of hydrogen-bond donors (Lipinski definition) is 1. The summed E-state index contributed by atoms with van der Waals surface area (Å²) >= 11 is 5.94. The summed E-state index contributed by atoms with van der Waals surface area (Å²) in [6.07, 6.45) is 0. The second-order valence-corrected chi connectivity index (χ2v) is 7.38. The van der Waals surface area contributed by atoms with Crippen LogP contribution in [-0.2, 0) is 16.1 Å². The molecule has 0 radical (unpaired) electrons. The van der Waals surface area contributed by atoms with Gasteiger partial charge < -0.3 is 19.1 Å². The molecule has 1 aromatic heterocycles. The van der Waals surface area contributed by atoms with Crippen molar-refractivity contribution in [2.45, 2.75) is 6.54 Å². The molecule has 1 heterocycles. The van der Waals surface area contributed by atoms with Crippen molar-refractivity contribution in [1.29, 1.82) is 0 Å². The van der Waals surface area contributed by atoms with Crippen molar-refractivity contribution in [3.8, 4) is 22.9 Å². The summed E-state index contributed by atoms with van der Waals surface area (Å²) in [5, 5.41) is 10.7. The van der Waals surface area contributed by atoms with Crippen LogP contribution in [0, 0.1) is 11.6 Å². The van der Waals surface area contributed by atoms with E-state index in [1.807, 2.05) is 0 Å². The lowest BCUT2D eigenvalue weighted by atomic mass is 10.1. The number of phenolic OH excluding ortho intramolecular Hbond substituents is 1. The van der Waals surface area contributed by atoms with Gasteiger partial charge in [0, 0.05) is 23.7 Å². The zero-order valence-corrected chi connectivity index (χ0v) is 17.6. The number of benzene rings is 3. The van der Waals surface area contributed by atoms with Crippen LogP contribution in [0.25, 0.3) is 22.4 Å². The lowest BCUT2D eigenvalue weighted by Crippen LogP contribution is -2.12. The predicted octanol–water partition coefficient (Wildman–Crippen LogP) is 4.94. The van der Waals surface area contributed by atoms with Crippen molar-refractivity contribution in [3.05, 3.63) is 76.8 Å². The molecule has 0 spiro atoms. The predicted molar refractivity (Wildman–Crippen MR) is 115 cm³/mol. The smallest absolute Gasteiger partial charge is 0.343 e. The zero-order chi connectivity index (χ0) is 22.8. The minimum Gasteiger partial charge on any atom is -0.507 e. The topological polar surface area (TPSA) is 73.6 Å². The minimum absolute atomic E-state index is 0.110. The third kappa shape index (κ3) is 4.36. The highest BCUT2D eigenvalue weighted by Gasteiger charge is 2.18. The first-order valence-electron chi connectivity index (χ1n) is 9.48. The van der Waals surface area contributed by atoms with Crippen LogP contribution >= 0.6 is 11.6 Å². The molecule has 0 aliphatic heterocycles. The molecule has 0 amide bonds. The molecule has 0 saturated carbocycles. The van der Waals surface area contributed by atoms with Crippen LogP contribution < -0.4 is 4.74 Å². The fraction of sp³-hybridized carbons (Fsp3) is 0.130. The molecule has 9 heteroatoms. The quantitative estimate of drug-likeness (QED) is 0.414. The molecule has 4 aromatic rings. The van der Waals surface area contributed by atoms with Gasteiger partial charge in [-0.1, -0.05) is 23.7 Å². The second-order valence-electron chi connectivity index (χ2n) is 6.95. The number of hydrogen-bond acceptors (Lipinski definition) is 5. The lowest BCUT2D eigenvalue weighted by Gasteiger charge is -2.12. The Kier molecular flexibility index (Phi) is 5.96. The van der Waals surface area contributed by atoms with Crippen LogP contribution in [0.3, 0.4) is 0 Å². The molecule has 32 heavy (non-hydrogen) atoms. The maximum atomic E-state index is 14.0. The number of carbonyl (C=O) groups is 1. The number of nitrogens with zero attached hydrogens (tertiary/aromatic N) is 2. The van der Waals surface area contributed by atoms with Gasteiger partial charge in [0.2, 0.25) is 0 Å². The van der Waals surface area contributed by atoms with Crippen LogP contribution in [0.15, 0.2) is 54.6 Å². The molecule has 3 aromatic carbocycles. The summed E-state index contributed by atoms with van der Waals surface area (Å²) in [7, 11) is 1.27. The lowest BCUT2D eigenvalue weighted by molar-refractivity contribution is -0.142. The Labute approximate surface area is 186 Å². The number of halogens is 3. The SMILES string of the molecule is COC(=O)COc1ccc(Cn2c(-c3ccc(Cl)cc3O)nc3cc(F)c(F)cc32)cc1. The Balaban J connectivity index is 1.73. The van der Waals surface area contributed by atoms with Gasteiger partial charge in [-0.3, -0.25) is 0 Å². The van der Waals surface area contributed by atoms with Gasteiger partial charge in [0.25, 0.3) is 0 Å². The Hall–Kier alpha value is -3.65. The minimum atomic E-state index is -1.01. The maximum absolute atomic E-state index is 14.0. The van der Waals surface area contributed by atoms with E-state index in [-0.39, 0.29) is 24.4 Å². The van der Waals surface area contributed by atoms with E-state index in [0.29, 0.717) is 27.7 Å². The third-order valence-electron chi connectivity index (χ3n) is 4.84. The summed E-state index contributed by atoms with van der Waals surface area (Å²) in [5.41, 5.74) is 1.77. The largest absolute Gasteiger partial charge is 0.507 e. The van der Waals surface area contributed by atoms with Crippen molar-refractivity contribution in [2.75, 3.05) is 13.7 Å². The Morgan fingerprint density at radius 2 is 1.81 bits per heavy atom. The Bertz CT molecular complexity index is 1310. The molecule has 0 bridgehead atoms. The molecule has 0 aliphatic rings. The maximum Gasteiger partial charge on any atom is 0.343 e. The normalized spacial score (nSPS) is 11.0. The fourth-order valence-corrected chi connectivity index (χ4v) is 3.42. The standard InChI is InChI=1S/C23H17ClF2N2O4/c1-31-22(30)12-32-15-5-2-13(3-6-15)11-28-20-10-18(26)17(25)9-19(20)27-23(28)16-7-4-14(24)8-21(16)29/h2-10,29H,11-12H2,1H3. The van der Waals surface area contributed by atoms with Crippen molar-refractivity contribution < 1.29 is 28.2 Å². The molecular formula is C23H17ClF2N2O4. The van der Waals surface area contributed by atoms with Gasteiger partial charge in [0.05, 0.1) is 23.7 Å².